The van der Waals surface area contributed by atoms with Gasteiger partial charge in [0.05, 0.1) is 13.2 Å². The minimum atomic E-state index is -0.536. The van der Waals surface area contributed by atoms with Crippen LogP contribution in [0, 0.1) is 0 Å². The Morgan fingerprint density at radius 3 is 1.38 bits per heavy atom. The van der Waals surface area contributed by atoms with Gasteiger partial charge in [0.2, 0.25) is 0 Å². The molecule has 0 aromatic carbocycles. The van der Waals surface area contributed by atoms with E-state index in [9.17, 15) is 14.4 Å². The first-order valence-corrected chi connectivity index (χ1v) is 5.28. The Balaban J connectivity index is 0. The molecule has 0 fully saturated rings. The highest BCUT2D eigenvalue weighted by Gasteiger charge is 2.09. The standard InChI is InChI=1S/C7H12O4.C4H8O/c1-3-10-6(8)5-7(9)11-4-2;1-3-4(2)5/h3-5H2,1-2H3;3H2,1-2H3. The number of ether oxygens (including phenoxy) is 2. The van der Waals surface area contributed by atoms with Gasteiger partial charge in [0.25, 0.3) is 0 Å². The van der Waals surface area contributed by atoms with Crippen LogP contribution in [0.2, 0.25) is 0 Å². The molecule has 0 aliphatic rings. The van der Waals surface area contributed by atoms with Crippen molar-refractivity contribution in [1.29, 1.82) is 0 Å². The van der Waals surface area contributed by atoms with Crippen LogP contribution in [0.4, 0.5) is 0 Å². The molecule has 94 valence electrons. The first-order valence-electron chi connectivity index (χ1n) is 5.28. The van der Waals surface area contributed by atoms with Gasteiger partial charge in [-0.3, -0.25) is 9.59 Å². The highest BCUT2D eigenvalue weighted by atomic mass is 16.5. The Labute approximate surface area is 96.1 Å². The van der Waals surface area contributed by atoms with Crippen LogP contribution in [-0.2, 0) is 23.9 Å². The van der Waals surface area contributed by atoms with Gasteiger partial charge in [0.1, 0.15) is 12.2 Å². The van der Waals surface area contributed by atoms with E-state index >= 15 is 0 Å². The Bertz CT molecular complexity index is 206. The maximum atomic E-state index is 10.6. The molecule has 0 heterocycles. The van der Waals surface area contributed by atoms with E-state index in [-0.39, 0.29) is 25.4 Å². The van der Waals surface area contributed by atoms with Crippen molar-refractivity contribution in [3.05, 3.63) is 0 Å². The van der Waals surface area contributed by atoms with Gasteiger partial charge in [0, 0.05) is 6.42 Å². The Kier molecular flexibility index (Phi) is 12.4. The lowest BCUT2D eigenvalue weighted by atomic mass is 10.4. The number of hydrogen-bond donors (Lipinski definition) is 0. The monoisotopic (exact) mass is 232 g/mol. The number of esters is 2. The number of ketones is 1. The highest BCUT2D eigenvalue weighted by molar-refractivity contribution is 5.91. The maximum Gasteiger partial charge on any atom is 0.317 e. The maximum absolute atomic E-state index is 10.6. The summed E-state index contributed by atoms with van der Waals surface area (Å²) in [6.07, 6.45) is 0.377. The average Bonchev–Trinajstić information content (AvgIpc) is 2.19. The normalized spacial score (nSPS) is 8.50. The topological polar surface area (TPSA) is 69.7 Å². The molecule has 0 saturated heterocycles. The van der Waals surface area contributed by atoms with Crippen LogP contribution in [-0.4, -0.2) is 30.9 Å². The van der Waals surface area contributed by atoms with Gasteiger partial charge in [-0.25, -0.2) is 0 Å². The molecule has 16 heavy (non-hydrogen) atoms. The molecule has 0 unspecified atom stereocenters. The first kappa shape index (κ1) is 17.0. The zero-order valence-corrected chi connectivity index (χ0v) is 10.4. The molecule has 5 nitrogen and oxygen atoms in total. The first-order chi connectivity index (χ1) is 7.47. The van der Waals surface area contributed by atoms with E-state index in [1.54, 1.807) is 20.8 Å². The summed E-state index contributed by atoms with van der Waals surface area (Å²) in [5.74, 6) is -0.818. The quantitative estimate of drug-likeness (QED) is 0.530. The van der Waals surface area contributed by atoms with E-state index in [0.717, 1.165) is 0 Å². The van der Waals surface area contributed by atoms with Crippen molar-refractivity contribution in [3.8, 4) is 0 Å². The molecule has 5 heteroatoms. The van der Waals surface area contributed by atoms with Gasteiger partial charge >= 0.3 is 11.9 Å². The summed E-state index contributed by atoms with van der Waals surface area (Å²) in [7, 11) is 0. The lowest BCUT2D eigenvalue weighted by molar-refractivity contribution is -0.153. The van der Waals surface area contributed by atoms with Crippen molar-refractivity contribution in [2.45, 2.75) is 40.5 Å². The minimum Gasteiger partial charge on any atom is -0.466 e. The van der Waals surface area contributed by atoms with E-state index in [1.807, 2.05) is 6.92 Å². The van der Waals surface area contributed by atoms with E-state index in [4.69, 9.17) is 0 Å². The molecule has 0 aromatic heterocycles. The lowest BCUT2D eigenvalue weighted by Gasteiger charge is -2.00. The zero-order chi connectivity index (χ0) is 13.0. The van der Waals surface area contributed by atoms with Gasteiger partial charge in [-0.2, -0.15) is 0 Å². The van der Waals surface area contributed by atoms with Crippen LogP contribution >= 0.6 is 0 Å². The second kappa shape index (κ2) is 11.7. The van der Waals surface area contributed by atoms with E-state index in [0.29, 0.717) is 6.42 Å². The number of Topliss-reactive ketones (excluding diaryl/α,β-unsaturated/α-hetero) is 1. The number of hydrogen-bond acceptors (Lipinski definition) is 5. The third-order valence-electron chi connectivity index (χ3n) is 1.40. The van der Waals surface area contributed by atoms with Crippen molar-refractivity contribution in [3.63, 3.8) is 0 Å². The second-order valence-corrected chi connectivity index (χ2v) is 2.84. The van der Waals surface area contributed by atoms with Crippen LogP contribution in [0.3, 0.4) is 0 Å². The van der Waals surface area contributed by atoms with Crippen molar-refractivity contribution < 1.29 is 23.9 Å². The molecule has 0 aliphatic carbocycles. The van der Waals surface area contributed by atoms with E-state index in [1.165, 1.54) is 0 Å². The van der Waals surface area contributed by atoms with E-state index in [2.05, 4.69) is 9.47 Å². The molecule has 0 N–H and O–H groups in total. The predicted molar refractivity (Wildman–Crippen MR) is 58.9 cm³/mol. The SMILES string of the molecule is CCC(C)=O.CCOC(=O)CC(=O)OCC. The predicted octanol–water partition coefficient (Wildman–Crippen LogP) is 1.49. The third-order valence-corrected chi connectivity index (χ3v) is 1.40. The molecule has 0 spiro atoms. The average molecular weight is 232 g/mol. The second-order valence-electron chi connectivity index (χ2n) is 2.84. The van der Waals surface area contributed by atoms with Crippen molar-refractivity contribution >= 4 is 17.7 Å². The fourth-order valence-corrected chi connectivity index (χ4v) is 0.542. The lowest BCUT2D eigenvalue weighted by Crippen LogP contribution is -2.13. The fraction of sp³-hybridized carbons (Fsp3) is 0.727. The smallest absolute Gasteiger partial charge is 0.317 e. The molecule has 0 saturated carbocycles. The Hall–Kier alpha value is -1.39. The summed E-state index contributed by atoms with van der Waals surface area (Å²) in [6.45, 7) is 7.38. The van der Waals surface area contributed by atoms with Crippen LogP contribution in [0.15, 0.2) is 0 Å². The van der Waals surface area contributed by atoms with Crippen LogP contribution < -0.4 is 0 Å². The van der Waals surface area contributed by atoms with Crippen LogP contribution in [0.5, 0.6) is 0 Å². The number of rotatable bonds is 5. The van der Waals surface area contributed by atoms with Crippen molar-refractivity contribution in [1.82, 2.24) is 0 Å². The van der Waals surface area contributed by atoms with Gasteiger partial charge in [0.15, 0.2) is 0 Å². The molecule has 0 aromatic rings. The molecule has 0 radical (unpaired) electrons. The minimum absolute atomic E-state index is 0.255. The third kappa shape index (κ3) is 15.1. The van der Waals surface area contributed by atoms with E-state index < -0.39 is 11.9 Å². The molecular formula is C11H20O5. The summed E-state index contributed by atoms with van der Waals surface area (Å²) in [5.41, 5.74) is 0. The van der Waals surface area contributed by atoms with Crippen molar-refractivity contribution in [2.24, 2.45) is 0 Å². The summed E-state index contributed by atoms with van der Waals surface area (Å²) >= 11 is 0. The van der Waals surface area contributed by atoms with Crippen molar-refractivity contribution in [2.75, 3.05) is 13.2 Å². The molecule has 0 bridgehead atoms. The number of carbonyl (C=O) groups excluding carboxylic acids is 3. The molecule has 0 atom stereocenters. The van der Waals surface area contributed by atoms with Crippen LogP contribution in [0.25, 0.3) is 0 Å². The zero-order valence-electron chi connectivity index (χ0n) is 10.4. The van der Waals surface area contributed by atoms with Gasteiger partial charge < -0.3 is 14.3 Å². The summed E-state index contributed by atoms with van der Waals surface area (Å²) in [5, 5.41) is 0. The summed E-state index contributed by atoms with van der Waals surface area (Å²) < 4.78 is 9.04. The Morgan fingerprint density at radius 1 is 0.875 bits per heavy atom. The van der Waals surface area contributed by atoms with Gasteiger partial charge in [-0.15, -0.1) is 0 Å². The summed E-state index contributed by atoms with van der Waals surface area (Å²) in [4.78, 5) is 31.0. The van der Waals surface area contributed by atoms with Crippen LogP contribution in [0.1, 0.15) is 40.5 Å². The molecule has 0 rings (SSSR count). The largest absolute Gasteiger partial charge is 0.466 e. The fourth-order valence-electron chi connectivity index (χ4n) is 0.542. The molecule has 0 amide bonds. The molecule has 0 aliphatic heterocycles. The van der Waals surface area contributed by atoms with Gasteiger partial charge in [-0.05, 0) is 20.8 Å². The number of carbonyl (C=O) groups is 3. The highest BCUT2D eigenvalue weighted by Crippen LogP contribution is 1.89. The summed E-state index contributed by atoms with van der Waals surface area (Å²) in [6, 6.07) is 0. The van der Waals surface area contributed by atoms with Gasteiger partial charge in [-0.1, -0.05) is 6.92 Å². The molecular weight excluding hydrogens is 212 g/mol. The Morgan fingerprint density at radius 2 is 1.19 bits per heavy atom.